The van der Waals surface area contributed by atoms with Gasteiger partial charge in [0, 0.05) is 20.9 Å². The van der Waals surface area contributed by atoms with Crippen LogP contribution in [-0.4, -0.2) is 10.0 Å². The van der Waals surface area contributed by atoms with Crippen molar-refractivity contribution in [1.82, 2.24) is 0 Å². The molecule has 100 valence electrons. The Labute approximate surface area is 123 Å². The Kier molecular flexibility index (Phi) is 4.46. The van der Waals surface area contributed by atoms with Crippen molar-refractivity contribution in [2.45, 2.75) is 22.1 Å². The minimum atomic E-state index is -0.705. The molecule has 0 saturated heterocycles. The van der Waals surface area contributed by atoms with Crippen LogP contribution in [0, 0.1) is 10.1 Å². The number of nitro groups is 1. The summed E-state index contributed by atoms with van der Waals surface area (Å²) in [7, 11) is 0. The van der Waals surface area contributed by atoms with Crippen LogP contribution in [0.2, 0.25) is 5.02 Å². The van der Waals surface area contributed by atoms with Gasteiger partial charge < -0.3 is 5.11 Å². The van der Waals surface area contributed by atoms with Crippen molar-refractivity contribution in [3.8, 4) is 0 Å². The van der Waals surface area contributed by atoms with Crippen LogP contribution in [-0.2, 0) is 0 Å². The lowest BCUT2D eigenvalue weighted by molar-refractivity contribution is -0.387. The van der Waals surface area contributed by atoms with Gasteiger partial charge >= 0.3 is 0 Å². The Morgan fingerprint density at radius 1 is 1.42 bits per heavy atom. The molecule has 0 amide bonds. The molecule has 7 heteroatoms. The van der Waals surface area contributed by atoms with Gasteiger partial charge in [-0.15, -0.1) is 11.3 Å². The molecule has 0 unspecified atom stereocenters. The molecular formula is C12H10ClNO3S2. The number of thiophene rings is 1. The van der Waals surface area contributed by atoms with Gasteiger partial charge in [0.25, 0.3) is 5.69 Å². The molecule has 1 atom stereocenters. The van der Waals surface area contributed by atoms with E-state index in [1.165, 1.54) is 29.2 Å². The van der Waals surface area contributed by atoms with Gasteiger partial charge in [-0.1, -0.05) is 23.4 Å². The van der Waals surface area contributed by atoms with E-state index < -0.39 is 11.0 Å². The van der Waals surface area contributed by atoms with E-state index in [0.29, 0.717) is 14.1 Å². The lowest BCUT2D eigenvalue weighted by atomic mass is 10.3. The first-order chi connectivity index (χ1) is 8.97. The highest BCUT2D eigenvalue weighted by Crippen LogP contribution is 2.43. The lowest BCUT2D eigenvalue weighted by Gasteiger charge is -1.99. The third-order valence-electron chi connectivity index (χ3n) is 2.33. The molecule has 19 heavy (non-hydrogen) atoms. The highest BCUT2D eigenvalue weighted by Gasteiger charge is 2.21. The van der Waals surface area contributed by atoms with Crippen LogP contribution in [0.15, 0.2) is 39.4 Å². The van der Waals surface area contributed by atoms with Crippen molar-refractivity contribution in [1.29, 1.82) is 0 Å². The number of aliphatic hydroxyl groups is 1. The predicted molar refractivity (Wildman–Crippen MR) is 77.2 cm³/mol. The van der Waals surface area contributed by atoms with Gasteiger partial charge in [-0.3, -0.25) is 10.1 Å². The van der Waals surface area contributed by atoms with Crippen molar-refractivity contribution in [2.24, 2.45) is 0 Å². The van der Waals surface area contributed by atoms with Gasteiger partial charge in [0.15, 0.2) is 0 Å². The second kappa shape index (κ2) is 5.92. The normalized spacial score (nSPS) is 12.4. The van der Waals surface area contributed by atoms with Crippen LogP contribution < -0.4 is 0 Å². The fourth-order valence-electron chi connectivity index (χ4n) is 1.40. The topological polar surface area (TPSA) is 63.4 Å². The van der Waals surface area contributed by atoms with Crippen molar-refractivity contribution in [3.05, 3.63) is 50.3 Å². The molecule has 4 nitrogen and oxygen atoms in total. The Bertz CT molecular complexity index is 596. The molecule has 0 fully saturated rings. The van der Waals surface area contributed by atoms with Crippen LogP contribution in [0.1, 0.15) is 17.9 Å². The van der Waals surface area contributed by atoms with Crippen molar-refractivity contribution >= 4 is 40.4 Å². The summed E-state index contributed by atoms with van der Waals surface area (Å²) in [5.41, 5.74) is 0.0286. The van der Waals surface area contributed by atoms with Gasteiger partial charge in [-0.2, -0.15) is 0 Å². The molecule has 1 heterocycles. The molecule has 0 bridgehead atoms. The molecule has 2 rings (SSSR count). The summed E-state index contributed by atoms with van der Waals surface area (Å²) in [6.07, 6.45) is -0.705. The molecule has 0 aliphatic heterocycles. The molecule has 0 saturated carbocycles. The molecule has 1 aromatic carbocycles. The van der Waals surface area contributed by atoms with E-state index in [1.807, 2.05) is 0 Å². The van der Waals surface area contributed by atoms with E-state index in [2.05, 4.69) is 0 Å². The standard InChI is InChI=1S/C12H10ClNO3S2/c1-7(15)11-6-10(14(16)17)12(19-11)18-9-4-2-8(13)3-5-9/h2-7,15H,1H3/t7-/m0/s1. The van der Waals surface area contributed by atoms with E-state index in [1.54, 1.807) is 31.2 Å². The Hall–Kier alpha value is -1.08. The van der Waals surface area contributed by atoms with Crippen molar-refractivity contribution < 1.29 is 10.0 Å². The van der Waals surface area contributed by atoms with Gasteiger partial charge in [-0.25, -0.2) is 0 Å². The molecule has 0 aliphatic rings. The minimum absolute atomic E-state index is 0.0286. The maximum Gasteiger partial charge on any atom is 0.294 e. The van der Waals surface area contributed by atoms with E-state index in [4.69, 9.17) is 11.6 Å². The highest BCUT2D eigenvalue weighted by molar-refractivity contribution is 8.01. The average molecular weight is 316 g/mol. The summed E-state index contributed by atoms with van der Waals surface area (Å²) in [5, 5.41) is 21.1. The SMILES string of the molecule is C[C@H](O)c1cc([N+](=O)[O-])c(Sc2ccc(Cl)cc2)s1. The van der Waals surface area contributed by atoms with E-state index >= 15 is 0 Å². The highest BCUT2D eigenvalue weighted by atomic mass is 35.5. The maximum absolute atomic E-state index is 11.0. The first-order valence-electron chi connectivity index (χ1n) is 5.37. The number of nitrogens with zero attached hydrogens (tertiary/aromatic N) is 1. The van der Waals surface area contributed by atoms with Gasteiger partial charge in [0.2, 0.25) is 0 Å². The summed E-state index contributed by atoms with van der Waals surface area (Å²) in [4.78, 5) is 12.0. The Morgan fingerprint density at radius 3 is 2.58 bits per heavy atom. The van der Waals surface area contributed by atoms with Gasteiger partial charge in [-0.05, 0) is 31.2 Å². The summed E-state index contributed by atoms with van der Waals surface area (Å²) >= 11 is 8.32. The zero-order valence-corrected chi connectivity index (χ0v) is 12.3. The Balaban J connectivity index is 2.33. The minimum Gasteiger partial charge on any atom is -0.388 e. The molecule has 0 radical (unpaired) electrons. The number of aliphatic hydroxyl groups excluding tert-OH is 1. The third-order valence-corrected chi connectivity index (χ3v) is 5.07. The number of halogens is 1. The van der Waals surface area contributed by atoms with Crippen LogP contribution in [0.25, 0.3) is 0 Å². The molecule has 1 N–H and O–H groups in total. The first-order valence-corrected chi connectivity index (χ1v) is 7.38. The smallest absolute Gasteiger partial charge is 0.294 e. The van der Waals surface area contributed by atoms with Crippen LogP contribution >= 0.6 is 34.7 Å². The van der Waals surface area contributed by atoms with Crippen LogP contribution in [0.3, 0.4) is 0 Å². The summed E-state index contributed by atoms with van der Waals surface area (Å²) in [6.45, 7) is 1.59. The Morgan fingerprint density at radius 2 is 2.05 bits per heavy atom. The van der Waals surface area contributed by atoms with Crippen molar-refractivity contribution in [3.63, 3.8) is 0 Å². The fourth-order valence-corrected chi connectivity index (χ4v) is 3.79. The molecular weight excluding hydrogens is 306 g/mol. The van der Waals surface area contributed by atoms with Gasteiger partial charge in [0.1, 0.15) is 4.21 Å². The summed E-state index contributed by atoms with van der Waals surface area (Å²) in [5.74, 6) is 0. The van der Waals surface area contributed by atoms with Crippen LogP contribution in [0.5, 0.6) is 0 Å². The number of hydrogen-bond acceptors (Lipinski definition) is 5. The first kappa shape index (κ1) is 14.3. The molecule has 1 aromatic heterocycles. The average Bonchev–Trinajstić information content (AvgIpc) is 2.76. The zero-order chi connectivity index (χ0) is 14.0. The van der Waals surface area contributed by atoms with E-state index in [9.17, 15) is 15.2 Å². The second-order valence-electron chi connectivity index (χ2n) is 3.81. The van der Waals surface area contributed by atoms with Crippen LogP contribution in [0.4, 0.5) is 5.69 Å². The lowest BCUT2D eigenvalue weighted by Crippen LogP contribution is -1.87. The molecule has 0 aliphatic carbocycles. The fraction of sp³-hybridized carbons (Fsp3) is 0.167. The maximum atomic E-state index is 11.0. The zero-order valence-electron chi connectivity index (χ0n) is 9.87. The molecule has 2 aromatic rings. The summed E-state index contributed by atoms with van der Waals surface area (Å²) in [6, 6.07) is 8.50. The number of benzene rings is 1. The molecule has 0 spiro atoms. The van der Waals surface area contributed by atoms with Gasteiger partial charge in [0.05, 0.1) is 11.0 Å². The number of hydrogen-bond donors (Lipinski definition) is 1. The number of rotatable bonds is 4. The monoisotopic (exact) mass is 315 g/mol. The predicted octanol–water partition coefficient (Wildman–Crippen LogP) is 4.51. The second-order valence-corrected chi connectivity index (χ2v) is 6.67. The quantitative estimate of drug-likeness (QED) is 0.665. The van der Waals surface area contributed by atoms with Crippen molar-refractivity contribution in [2.75, 3.05) is 0 Å². The largest absolute Gasteiger partial charge is 0.388 e. The van der Waals surface area contributed by atoms with E-state index in [0.717, 1.165) is 4.90 Å². The van der Waals surface area contributed by atoms with E-state index in [-0.39, 0.29) is 5.69 Å². The summed E-state index contributed by atoms with van der Waals surface area (Å²) < 4.78 is 0.559. The third kappa shape index (κ3) is 3.48.